The maximum atomic E-state index is 13.3. The third-order valence-electron chi connectivity index (χ3n) is 8.68. The Bertz CT molecular complexity index is 801. The molecule has 4 aliphatic rings. The Labute approximate surface area is 186 Å². The van der Waals surface area contributed by atoms with Crippen LogP contribution in [0.4, 0.5) is 0 Å². The fourth-order valence-corrected chi connectivity index (χ4v) is 6.62. The lowest BCUT2D eigenvalue weighted by atomic mass is 9.52. The number of hydrogen-bond acceptors (Lipinski definition) is 7. The lowest BCUT2D eigenvalue weighted by Crippen LogP contribution is -2.63. The summed E-state index contributed by atoms with van der Waals surface area (Å²) in [5.41, 5.74) is -2.23. The smallest absolute Gasteiger partial charge is 0.314 e. The number of hydrogen-bond donors (Lipinski definition) is 0. The molecule has 0 amide bonds. The van der Waals surface area contributed by atoms with Crippen LogP contribution in [0.25, 0.3) is 0 Å². The molecule has 3 saturated heterocycles. The van der Waals surface area contributed by atoms with Gasteiger partial charge >= 0.3 is 5.97 Å². The van der Waals surface area contributed by atoms with Gasteiger partial charge in [-0.3, -0.25) is 4.79 Å². The molecule has 0 N–H and O–H groups in total. The van der Waals surface area contributed by atoms with Crippen molar-refractivity contribution in [2.24, 2.45) is 17.3 Å². The van der Waals surface area contributed by atoms with Gasteiger partial charge in [0.2, 0.25) is 6.29 Å². The van der Waals surface area contributed by atoms with E-state index in [9.17, 15) is 4.79 Å². The van der Waals surface area contributed by atoms with Gasteiger partial charge in [0.05, 0.1) is 12.0 Å². The maximum Gasteiger partial charge on any atom is 0.314 e. The Morgan fingerprint density at radius 3 is 2.52 bits per heavy atom. The van der Waals surface area contributed by atoms with Crippen molar-refractivity contribution in [3.63, 3.8) is 0 Å². The minimum absolute atomic E-state index is 0.0298. The fourth-order valence-electron chi connectivity index (χ4n) is 5.60. The number of rotatable bonds is 6. The second kappa shape index (κ2) is 7.02. The molecule has 31 heavy (non-hydrogen) atoms. The first-order valence-electron chi connectivity index (χ1n) is 11.1. The summed E-state index contributed by atoms with van der Waals surface area (Å²) in [6, 6.07) is 0. The molecule has 8 atom stereocenters. The third-order valence-corrected chi connectivity index (χ3v) is 13.2. The zero-order valence-corrected chi connectivity index (χ0v) is 20.9. The highest BCUT2D eigenvalue weighted by atomic mass is 28.4. The highest BCUT2D eigenvalue weighted by molar-refractivity contribution is 6.74. The van der Waals surface area contributed by atoms with Gasteiger partial charge in [-0.05, 0) is 36.9 Å². The van der Waals surface area contributed by atoms with Crippen molar-refractivity contribution >= 4 is 14.3 Å². The second-order valence-corrected chi connectivity index (χ2v) is 16.2. The summed E-state index contributed by atoms with van der Waals surface area (Å²) in [5.74, 6) is 1.80. The largest absolute Gasteiger partial charge is 0.432 e. The monoisotopic (exact) mass is 452 g/mol. The van der Waals surface area contributed by atoms with E-state index in [1.807, 2.05) is 6.92 Å². The van der Waals surface area contributed by atoms with E-state index in [1.54, 1.807) is 7.11 Å². The lowest BCUT2D eigenvalue weighted by Gasteiger charge is -2.51. The van der Waals surface area contributed by atoms with E-state index < -0.39 is 43.2 Å². The molecule has 1 aliphatic carbocycles. The summed E-state index contributed by atoms with van der Waals surface area (Å²) in [7, 11) is -0.521. The van der Waals surface area contributed by atoms with Gasteiger partial charge in [0.1, 0.15) is 18.5 Å². The Morgan fingerprint density at radius 2 is 1.94 bits per heavy atom. The quantitative estimate of drug-likeness (QED) is 0.202. The van der Waals surface area contributed by atoms with E-state index in [-0.39, 0.29) is 36.4 Å². The number of fused-ring (bicyclic) bond motifs is 3. The number of ether oxygens (including phenoxy) is 5. The molecule has 4 fully saturated rings. The summed E-state index contributed by atoms with van der Waals surface area (Å²) in [4.78, 5) is 13.3. The van der Waals surface area contributed by atoms with Crippen LogP contribution in [-0.2, 0) is 32.9 Å². The Balaban J connectivity index is 1.74. The van der Waals surface area contributed by atoms with Crippen LogP contribution in [0.15, 0.2) is 0 Å². The molecule has 0 radical (unpaired) electrons. The van der Waals surface area contributed by atoms with Gasteiger partial charge < -0.3 is 28.1 Å². The first kappa shape index (κ1) is 23.2. The molecule has 7 nitrogen and oxygen atoms in total. The minimum atomic E-state index is -2.08. The van der Waals surface area contributed by atoms with Crippen molar-refractivity contribution in [1.82, 2.24) is 0 Å². The topological polar surface area (TPSA) is 75.8 Å². The Hall–Kier alpha value is -0.953. The SMILES string of the molecule is C#C[C@]12O[C@@H]3OC(=O)[C@H](CO[Si](C)(C)C(C)(C)C)[C@@](C)(C[C@@H]4O[C@@]41C)[C@@H]2[C@H]3OCOC. The number of carbonyl (C=O) groups excluding carboxylic acids is 1. The highest BCUT2D eigenvalue weighted by Crippen LogP contribution is 2.69. The van der Waals surface area contributed by atoms with E-state index >= 15 is 0 Å². The zero-order valence-electron chi connectivity index (χ0n) is 19.9. The van der Waals surface area contributed by atoms with E-state index in [4.69, 9.17) is 34.5 Å². The summed E-state index contributed by atoms with van der Waals surface area (Å²) in [6.07, 6.45) is 5.26. The highest BCUT2D eigenvalue weighted by Gasteiger charge is 2.83. The molecule has 2 bridgehead atoms. The molecule has 0 aromatic rings. The number of carbonyl (C=O) groups is 1. The predicted molar refractivity (Wildman–Crippen MR) is 115 cm³/mol. The minimum Gasteiger partial charge on any atom is -0.432 e. The van der Waals surface area contributed by atoms with E-state index in [2.05, 4.69) is 46.7 Å². The van der Waals surface area contributed by atoms with Crippen LogP contribution in [0.5, 0.6) is 0 Å². The molecule has 3 aliphatic heterocycles. The number of terminal acetylenes is 1. The van der Waals surface area contributed by atoms with E-state index in [0.717, 1.165) is 0 Å². The number of esters is 1. The van der Waals surface area contributed by atoms with Gasteiger partial charge in [-0.25, -0.2) is 0 Å². The average molecular weight is 453 g/mol. The molecule has 0 aromatic carbocycles. The normalized spacial score (nSPS) is 46.0. The average Bonchev–Trinajstić information content (AvgIpc) is 3.21. The van der Waals surface area contributed by atoms with Crippen LogP contribution in [0.1, 0.15) is 41.0 Å². The van der Waals surface area contributed by atoms with Gasteiger partial charge in [0.25, 0.3) is 0 Å². The lowest BCUT2D eigenvalue weighted by molar-refractivity contribution is -0.221. The van der Waals surface area contributed by atoms with Gasteiger partial charge in [-0.1, -0.05) is 33.6 Å². The van der Waals surface area contributed by atoms with Crippen molar-refractivity contribution in [3.05, 3.63) is 0 Å². The maximum absolute atomic E-state index is 13.3. The van der Waals surface area contributed by atoms with Crippen molar-refractivity contribution in [3.8, 4) is 12.3 Å². The summed E-state index contributed by atoms with van der Waals surface area (Å²) < 4.78 is 36.0. The molecule has 3 heterocycles. The van der Waals surface area contributed by atoms with Crippen molar-refractivity contribution in [2.75, 3.05) is 20.5 Å². The molecule has 4 rings (SSSR count). The molecule has 8 heteroatoms. The molecule has 0 unspecified atom stereocenters. The summed E-state index contributed by atoms with van der Waals surface area (Å²) >= 11 is 0. The number of methoxy groups -OCH3 is 1. The first-order valence-corrected chi connectivity index (χ1v) is 14.0. The van der Waals surface area contributed by atoms with Crippen LogP contribution >= 0.6 is 0 Å². The van der Waals surface area contributed by atoms with Crippen LogP contribution in [0, 0.1) is 29.6 Å². The van der Waals surface area contributed by atoms with Crippen LogP contribution in [0.2, 0.25) is 18.1 Å². The van der Waals surface area contributed by atoms with Crippen LogP contribution in [0.3, 0.4) is 0 Å². The van der Waals surface area contributed by atoms with Crippen molar-refractivity contribution in [1.29, 1.82) is 0 Å². The van der Waals surface area contributed by atoms with E-state index in [0.29, 0.717) is 6.42 Å². The second-order valence-electron chi connectivity index (χ2n) is 11.4. The van der Waals surface area contributed by atoms with E-state index in [1.165, 1.54) is 0 Å². The molecular formula is C23H36O7Si. The van der Waals surface area contributed by atoms with Gasteiger partial charge in [-0.2, -0.15) is 0 Å². The third kappa shape index (κ3) is 3.08. The summed E-state index contributed by atoms with van der Waals surface area (Å²) in [5, 5.41) is 0.0298. The van der Waals surface area contributed by atoms with Crippen molar-refractivity contribution < 1.29 is 32.9 Å². The van der Waals surface area contributed by atoms with Gasteiger partial charge in [-0.15, -0.1) is 6.42 Å². The van der Waals surface area contributed by atoms with Crippen LogP contribution in [-0.4, -0.2) is 64.5 Å². The summed E-state index contributed by atoms with van der Waals surface area (Å²) in [6.45, 7) is 15.3. The Morgan fingerprint density at radius 1 is 1.26 bits per heavy atom. The first-order chi connectivity index (χ1) is 14.3. The molecular weight excluding hydrogens is 416 g/mol. The van der Waals surface area contributed by atoms with Crippen LogP contribution < -0.4 is 0 Å². The molecule has 0 aromatic heterocycles. The van der Waals surface area contributed by atoms with Gasteiger partial charge in [0.15, 0.2) is 13.9 Å². The molecule has 0 spiro atoms. The number of epoxide rings is 1. The molecule has 1 saturated carbocycles. The standard InChI is InChI=1S/C23H36O7Si/c1-10-23-17-16(26-13-25-7)19(30-23)28-18(24)14(12-27-31(8,9)20(2,3)4)21(17,5)11-15-22(23,6)29-15/h1,14-17,19H,11-13H2,2-9H3/t14-,15-,16+,17-,19-,21+,22-,23+/m0/s1. The van der Waals surface area contributed by atoms with Crippen molar-refractivity contribution in [2.45, 2.75) is 88.9 Å². The zero-order chi connectivity index (χ0) is 23.0. The van der Waals surface area contributed by atoms with Gasteiger partial charge in [0, 0.05) is 19.6 Å². The fraction of sp³-hybridized carbons (Fsp3) is 0.870. The molecule has 174 valence electrons. The Kier molecular flexibility index (Phi) is 5.26. The predicted octanol–water partition coefficient (Wildman–Crippen LogP) is 3.08.